The van der Waals surface area contributed by atoms with Gasteiger partial charge in [-0.2, -0.15) is 0 Å². The van der Waals surface area contributed by atoms with Gasteiger partial charge in [-0.05, 0) is 78.5 Å². The van der Waals surface area contributed by atoms with E-state index >= 15 is 0 Å². The normalized spacial score (nSPS) is 23.4. The molecule has 2 aliphatic heterocycles. The Morgan fingerprint density at radius 3 is 1.11 bits per heavy atom. The van der Waals surface area contributed by atoms with Crippen LogP contribution in [0.5, 0.6) is 0 Å². The van der Waals surface area contributed by atoms with Crippen molar-refractivity contribution in [1.29, 1.82) is 0 Å². The predicted octanol–water partition coefficient (Wildman–Crippen LogP) is 7.55. The van der Waals surface area contributed by atoms with Crippen LogP contribution in [0.1, 0.15) is 69.1 Å². The molecule has 0 saturated carbocycles. The number of carbonyl (C=O) groups excluding carboxylic acids is 6. The summed E-state index contributed by atoms with van der Waals surface area (Å²) in [6.07, 6.45) is -15.0. The summed E-state index contributed by atoms with van der Waals surface area (Å²) in [4.78, 5) is 84.3. The van der Waals surface area contributed by atoms with E-state index in [1.54, 1.807) is 121 Å². The van der Waals surface area contributed by atoms with E-state index in [1.165, 1.54) is 72.4 Å². The minimum atomic E-state index is -1.93. The van der Waals surface area contributed by atoms with Gasteiger partial charge in [-0.25, -0.2) is 28.8 Å². The molecule has 0 amide bonds. The van der Waals surface area contributed by atoms with Crippen molar-refractivity contribution in [1.82, 2.24) is 0 Å². The van der Waals surface area contributed by atoms with Crippen molar-refractivity contribution in [2.75, 3.05) is 19.0 Å². The molecular formula is C56H50O16S. The topological polar surface area (TPSA) is 206 Å². The van der Waals surface area contributed by atoms with Crippen molar-refractivity contribution in [3.63, 3.8) is 0 Å². The van der Waals surface area contributed by atoms with Gasteiger partial charge in [0.15, 0.2) is 36.8 Å². The third-order valence-electron chi connectivity index (χ3n) is 11.6. The van der Waals surface area contributed by atoms with Crippen molar-refractivity contribution >= 4 is 47.6 Å². The fourth-order valence-electron chi connectivity index (χ4n) is 8.07. The minimum absolute atomic E-state index is 0.0465. The van der Waals surface area contributed by atoms with Crippen molar-refractivity contribution in [3.8, 4) is 0 Å². The van der Waals surface area contributed by atoms with Gasteiger partial charge in [0.25, 0.3) is 0 Å². The van der Waals surface area contributed by atoms with E-state index in [1.807, 2.05) is 6.92 Å². The van der Waals surface area contributed by atoms with Crippen LogP contribution in [-0.4, -0.2) is 120 Å². The third kappa shape index (κ3) is 13.1. The highest BCUT2D eigenvalue weighted by Gasteiger charge is 2.58. The van der Waals surface area contributed by atoms with E-state index in [0.29, 0.717) is 5.75 Å². The molecule has 16 nitrogen and oxygen atoms in total. The number of hydrogen-bond donors (Lipinski definition) is 1. The molecule has 0 unspecified atom stereocenters. The molecule has 2 saturated heterocycles. The molecule has 10 atom stereocenters. The molecule has 2 heterocycles. The lowest BCUT2D eigenvalue weighted by Gasteiger charge is -2.48. The van der Waals surface area contributed by atoms with Crippen LogP contribution in [0.4, 0.5) is 0 Å². The largest absolute Gasteiger partial charge is 0.459 e. The number of benzene rings is 6. The Morgan fingerprint density at radius 2 is 0.740 bits per heavy atom. The van der Waals surface area contributed by atoms with Gasteiger partial charge in [-0.1, -0.05) is 116 Å². The number of rotatable bonds is 18. The maximum absolute atomic E-state index is 14.3. The summed E-state index contributed by atoms with van der Waals surface area (Å²) in [6.45, 7) is 0.381. The van der Waals surface area contributed by atoms with Crippen LogP contribution in [-0.2, 0) is 42.6 Å². The molecule has 376 valence electrons. The Kier molecular flexibility index (Phi) is 17.8. The zero-order chi connectivity index (χ0) is 51.1. The standard InChI is InChI=1S/C56H50O16S/c1-2-73-56-48(71-54(63)40-31-19-8-20-32-40)46(69-52(61)38-27-15-6-16-28-38)44(42(66-56)34-64-49(58)35-21-9-3-10-22-35)72-55-47(70-53(62)39-29-17-7-18-30-39)45(68-51(60)37-25-13-5-14-26-37)43(41(33-57)65-55)67-50(59)36-23-11-4-12-24-36/h3-32,41-48,55-57H,2,33-34H2,1H3/t41-,42-,43+,44-,45+,46+,47-,48-,55+,56+/m1/s1. The zero-order valence-electron chi connectivity index (χ0n) is 39.2. The van der Waals surface area contributed by atoms with Gasteiger partial charge in [0, 0.05) is 0 Å². The average Bonchev–Trinajstić information content (AvgIpc) is 3.44. The Bertz CT molecular complexity index is 2770. The van der Waals surface area contributed by atoms with Crippen LogP contribution in [0.2, 0.25) is 0 Å². The summed E-state index contributed by atoms with van der Waals surface area (Å²) in [7, 11) is 0. The number of esters is 6. The second-order valence-corrected chi connectivity index (χ2v) is 17.8. The fraction of sp³-hybridized carbons (Fsp3) is 0.250. The van der Waals surface area contributed by atoms with Gasteiger partial charge in [0.2, 0.25) is 0 Å². The molecule has 2 fully saturated rings. The van der Waals surface area contributed by atoms with Gasteiger partial charge in [-0.3, -0.25) is 0 Å². The second-order valence-electron chi connectivity index (χ2n) is 16.5. The SMILES string of the molecule is CCS[C@@H]1O[C@H](COC(=O)c2ccccc2)[C@@H](O[C@@H]2O[C@H](CO)[C@H](OC(=O)c3ccccc3)[C@H](OC(=O)c3ccccc3)[C@H]2OC(=O)c2ccccc2)[C@H](OC(=O)c2ccccc2)[C@H]1OC(=O)c1ccccc1. The number of ether oxygens (including phenoxy) is 9. The quantitative estimate of drug-likeness (QED) is 0.0652. The van der Waals surface area contributed by atoms with Gasteiger partial charge < -0.3 is 47.7 Å². The Balaban J connectivity index is 1.26. The Labute approximate surface area is 424 Å². The van der Waals surface area contributed by atoms with Gasteiger partial charge >= 0.3 is 35.8 Å². The van der Waals surface area contributed by atoms with E-state index in [0.717, 1.165) is 0 Å². The lowest BCUT2D eigenvalue weighted by molar-refractivity contribution is -0.335. The first-order valence-electron chi connectivity index (χ1n) is 23.3. The first-order chi connectivity index (χ1) is 35.6. The summed E-state index contributed by atoms with van der Waals surface area (Å²) >= 11 is 1.20. The molecule has 73 heavy (non-hydrogen) atoms. The van der Waals surface area contributed by atoms with Gasteiger partial charge in [0.1, 0.15) is 30.4 Å². The van der Waals surface area contributed by atoms with E-state index < -0.39 is 110 Å². The summed E-state index contributed by atoms with van der Waals surface area (Å²) in [5.41, 5.74) is -0.444. The van der Waals surface area contributed by atoms with Crippen LogP contribution in [0.15, 0.2) is 182 Å². The molecule has 0 radical (unpaired) electrons. The highest BCUT2D eigenvalue weighted by Crippen LogP contribution is 2.39. The number of aliphatic hydroxyl groups is 1. The van der Waals surface area contributed by atoms with E-state index in [4.69, 9.17) is 42.6 Å². The first kappa shape index (κ1) is 51.7. The molecule has 6 aromatic carbocycles. The molecule has 0 aliphatic carbocycles. The smallest absolute Gasteiger partial charge is 0.338 e. The lowest BCUT2D eigenvalue weighted by Crippen LogP contribution is -2.67. The molecule has 6 aromatic rings. The number of carbonyl (C=O) groups is 6. The van der Waals surface area contributed by atoms with Crippen LogP contribution in [0.3, 0.4) is 0 Å². The summed E-state index contributed by atoms with van der Waals surface area (Å²) in [6, 6.07) is 47.7. The van der Waals surface area contributed by atoms with E-state index in [-0.39, 0.29) is 33.4 Å². The van der Waals surface area contributed by atoms with Crippen LogP contribution >= 0.6 is 11.8 Å². The highest BCUT2D eigenvalue weighted by atomic mass is 32.2. The van der Waals surface area contributed by atoms with E-state index in [9.17, 15) is 33.9 Å². The summed E-state index contributed by atoms with van der Waals surface area (Å²) < 4.78 is 56.9. The van der Waals surface area contributed by atoms with Crippen molar-refractivity contribution in [3.05, 3.63) is 215 Å². The molecule has 2 aliphatic rings. The number of thioether (sulfide) groups is 1. The molecule has 17 heteroatoms. The zero-order valence-corrected chi connectivity index (χ0v) is 40.0. The van der Waals surface area contributed by atoms with Gasteiger partial charge in [0.05, 0.1) is 40.0 Å². The van der Waals surface area contributed by atoms with Crippen molar-refractivity contribution < 1.29 is 76.5 Å². The maximum Gasteiger partial charge on any atom is 0.338 e. The van der Waals surface area contributed by atoms with Gasteiger partial charge in [-0.15, -0.1) is 11.8 Å². The molecule has 0 spiro atoms. The first-order valence-corrected chi connectivity index (χ1v) is 24.4. The summed E-state index contributed by atoms with van der Waals surface area (Å²) in [5.74, 6) is -4.87. The Morgan fingerprint density at radius 1 is 0.411 bits per heavy atom. The van der Waals surface area contributed by atoms with Crippen molar-refractivity contribution in [2.24, 2.45) is 0 Å². The van der Waals surface area contributed by atoms with Crippen LogP contribution < -0.4 is 0 Å². The minimum Gasteiger partial charge on any atom is -0.459 e. The molecule has 0 bridgehead atoms. The maximum atomic E-state index is 14.3. The molecule has 1 N–H and O–H groups in total. The highest BCUT2D eigenvalue weighted by molar-refractivity contribution is 7.99. The monoisotopic (exact) mass is 1010 g/mol. The molecule has 0 aromatic heterocycles. The van der Waals surface area contributed by atoms with E-state index in [2.05, 4.69) is 0 Å². The number of hydrogen-bond acceptors (Lipinski definition) is 17. The van der Waals surface area contributed by atoms with Crippen molar-refractivity contribution in [2.45, 2.75) is 67.5 Å². The number of aliphatic hydroxyl groups excluding tert-OH is 1. The predicted molar refractivity (Wildman–Crippen MR) is 262 cm³/mol. The molecule has 8 rings (SSSR count). The molecular weight excluding hydrogens is 961 g/mol. The average molecular weight is 1010 g/mol. The second kappa shape index (κ2) is 25.1. The van der Waals surface area contributed by atoms with Crippen LogP contribution in [0.25, 0.3) is 0 Å². The van der Waals surface area contributed by atoms with Crippen LogP contribution in [0, 0.1) is 0 Å². The fourth-order valence-corrected chi connectivity index (χ4v) is 9.02. The summed E-state index contributed by atoms with van der Waals surface area (Å²) in [5, 5.41) is 11.1. The Hall–Kier alpha value is -7.67. The lowest BCUT2D eigenvalue weighted by atomic mass is 9.96. The third-order valence-corrected chi connectivity index (χ3v) is 12.7.